The third-order valence-corrected chi connectivity index (χ3v) is 3.32. The number of benzene rings is 1. The predicted molar refractivity (Wildman–Crippen MR) is 74.3 cm³/mol. The Kier molecular flexibility index (Phi) is 2.65. The molecule has 0 aliphatic carbocycles. The van der Waals surface area contributed by atoms with E-state index in [0.717, 1.165) is 16.8 Å². The van der Waals surface area contributed by atoms with Gasteiger partial charge in [-0.15, -0.1) is 0 Å². The van der Waals surface area contributed by atoms with Crippen molar-refractivity contribution >= 4 is 11.6 Å². The van der Waals surface area contributed by atoms with Crippen LogP contribution in [0.3, 0.4) is 0 Å². The fraction of sp³-hybridized carbons (Fsp3) is 0.133. The van der Waals surface area contributed by atoms with Crippen molar-refractivity contribution in [1.29, 1.82) is 5.26 Å². The van der Waals surface area contributed by atoms with Crippen LogP contribution in [-0.4, -0.2) is 10.9 Å². The Bertz CT molecular complexity index is 828. The van der Waals surface area contributed by atoms with Gasteiger partial charge in [-0.1, -0.05) is 6.07 Å². The lowest BCUT2D eigenvalue weighted by molar-refractivity contribution is -0.115. The second-order valence-corrected chi connectivity index (χ2v) is 4.78. The lowest BCUT2D eigenvalue weighted by Crippen LogP contribution is -2.12. The van der Waals surface area contributed by atoms with Gasteiger partial charge in [-0.25, -0.2) is 0 Å². The third kappa shape index (κ3) is 1.88. The largest absolute Gasteiger partial charge is 0.326 e. The van der Waals surface area contributed by atoms with E-state index in [1.54, 1.807) is 25.1 Å². The number of H-pyrrole nitrogens is 1. The molecule has 1 aromatic carbocycles. The molecule has 0 saturated heterocycles. The van der Waals surface area contributed by atoms with Crippen molar-refractivity contribution in [2.24, 2.45) is 0 Å². The van der Waals surface area contributed by atoms with Gasteiger partial charge >= 0.3 is 0 Å². The molecule has 1 aliphatic heterocycles. The van der Waals surface area contributed by atoms with E-state index < -0.39 is 5.56 Å². The Hall–Kier alpha value is -2.87. The number of hydrogen-bond donors (Lipinski definition) is 2. The first kappa shape index (κ1) is 12.2. The number of amides is 1. The van der Waals surface area contributed by atoms with Crippen LogP contribution in [0.15, 0.2) is 29.1 Å². The van der Waals surface area contributed by atoms with Gasteiger partial charge in [0.25, 0.3) is 5.56 Å². The van der Waals surface area contributed by atoms with E-state index >= 15 is 0 Å². The molecular formula is C15H11N3O2. The van der Waals surface area contributed by atoms with Crippen LogP contribution in [0.5, 0.6) is 0 Å². The first-order valence-electron chi connectivity index (χ1n) is 6.15. The highest BCUT2D eigenvalue weighted by atomic mass is 16.1. The maximum atomic E-state index is 11.8. The van der Waals surface area contributed by atoms with Crippen molar-refractivity contribution in [2.75, 3.05) is 5.32 Å². The minimum Gasteiger partial charge on any atom is -0.326 e. The highest BCUT2D eigenvalue weighted by molar-refractivity contribution is 5.99. The zero-order valence-corrected chi connectivity index (χ0v) is 10.8. The number of pyridine rings is 1. The van der Waals surface area contributed by atoms with E-state index in [-0.39, 0.29) is 11.5 Å². The SMILES string of the molecule is Cc1cc(-c2ccc3c(c2)CC(=O)N3)c(C#N)c(=O)[nH]1. The van der Waals surface area contributed by atoms with Gasteiger partial charge in [0.2, 0.25) is 5.91 Å². The van der Waals surface area contributed by atoms with Crippen molar-refractivity contribution in [3.8, 4) is 17.2 Å². The molecule has 98 valence electrons. The summed E-state index contributed by atoms with van der Waals surface area (Å²) < 4.78 is 0. The highest BCUT2D eigenvalue weighted by Gasteiger charge is 2.19. The number of hydrogen-bond acceptors (Lipinski definition) is 3. The molecule has 5 nitrogen and oxygen atoms in total. The van der Waals surface area contributed by atoms with E-state index in [0.29, 0.717) is 17.7 Å². The van der Waals surface area contributed by atoms with Gasteiger partial charge in [-0.3, -0.25) is 9.59 Å². The number of aromatic amines is 1. The number of nitriles is 1. The second-order valence-electron chi connectivity index (χ2n) is 4.78. The highest BCUT2D eigenvalue weighted by Crippen LogP contribution is 2.30. The molecule has 2 heterocycles. The van der Waals surface area contributed by atoms with Crippen LogP contribution in [-0.2, 0) is 11.2 Å². The van der Waals surface area contributed by atoms with Gasteiger partial charge in [-0.05, 0) is 36.2 Å². The summed E-state index contributed by atoms with van der Waals surface area (Å²) in [5.74, 6) is -0.0419. The van der Waals surface area contributed by atoms with Crippen molar-refractivity contribution in [3.63, 3.8) is 0 Å². The summed E-state index contributed by atoms with van der Waals surface area (Å²) in [5.41, 5.74) is 3.43. The molecule has 5 heteroatoms. The van der Waals surface area contributed by atoms with Gasteiger partial charge in [0.15, 0.2) is 0 Å². The summed E-state index contributed by atoms with van der Waals surface area (Å²) in [4.78, 5) is 25.8. The maximum Gasteiger partial charge on any atom is 0.266 e. The minimum absolute atomic E-state index is 0.0419. The van der Waals surface area contributed by atoms with Gasteiger partial charge < -0.3 is 10.3 Å². The Morgan fingerprint density at radius 3 is 2.80 bits per heavy atom. The first-order valence-corrected chi connectivity index (χ1v) is 6.15. The number of nitrogens with zero attached hydrogens (tertiary/aromatic N) is 1. The van der Waals surface area contributed by atoms with Gasteiger partial charge in [-0.2, -0.15) is 5.26 Å². The van der Waals surface area contributed by atoms with Crippen LogP contribution in [0.25, 0.3) is 11.1 Å². The smallest absolute Gasteiger partial charge is 0.266 e. The van der Waals surface area contributed by atoms with Crippen molar-refractivity contribution in [3.05, 3.63) is 51.4 Å². The Morgan fingerprint density at radius 1 is 1.25 bits per heavy atom. The summed E-state index contributed by atoms with van der Waals surface area (Å²) in [6.45, 7) is 1.77. The van der Waals surface area contributed by atoms with Crippen molar-refractivity contribution < 1.29 is 4.79 Å². The van der Waals surface area contributed by atoms with Crippen molar-refractivity contribution in [2.45, 2.75) is 13.3 Å². The van der Waals surface area contributed by atoms with Crippen LogP contribution >= 0.6 is 0 Å². The van der Waals surface area contributed by atoms with Gasteiger partial charge in [0.1, 0.15) is 11.6 Å². The number of rotatable bonds is 1. The molecule has 1 amide bonds. The van der Waals surface area contributed by atoms with E-state index in [1.807, 2.05) is 12.1 Å². The zero-order chi connectivity index (χ0) is 14.3. The summed E-state index contributed by atoms with van der Waals surface area (Å²) in [5, 5.41) is 11.9. The molecule has 2 aromatic rings. The topological polar surface area (TPSA) is 85.8 Å². The predicted octanol–water partition coefficient (Wildman–Crippen LogP) is 1.72. The molecule has 0 atom stereocenters. The molecule has 1 aromatic heterocycles. The van der Waals surface area contributed by atoms with E-state index in [2.05, 4.69) is 10.3 Å². The number of fused-ring (bicyclic) bond motifs is 1. The molecule has 0 fully saturated rings. The Labute approximate surface area is 114 Å². The van der Waals surface area contributed by atoms with E-state index in [1.165, 1.54) is 0 Å². The fourth-order valence-corrected chi connectivity index (χ4v) is 2.42. The average molecular weight is 265 g/mol. The molecule has 3 rings (SSSR count). The van der Waals surface area contributed by atoms with Crippen LogP contribution in [0.4, 0.5) is 5.69 Å². The molecule has 0 saturated carbocycles. The lowest BCUT2D eigenvalue weighted by atomic mass is 9.98. The zero-order valence-electron chi connectivity index (χ0n) is 10.8. The number of aryl methyl sites for hydroxylation is 1. The summed E-state index contributed by atoms with van der Waals surface area (Å²) in [6, 6.07) is 9.16. The van der Waals surface area contributed by atoms with Gasteiger partial charge in [0, 0.05) is 16.9 Å². The molecule has 0 bridgehead atoms. The van der Waals surface area contributed by atoms with E-state index in [4.69, 9.17) is 5.26 Å². The summed E-state index contributed by atoms with van der Waals surface area (Å²) >= 11 is 0. The maximum absolute atomic E-state index is 11.8. The molecule has 0 radical (unpaired) electrons. The molecule has 0 unspecified atom stereocenters. The molecule has 0 spiro atoms. The average Bonchev–Trinajstić information content (AvgIpc) is 2.76. The van der Waals surface area contributed by atoms with E-state index in [9.17, 15) is 9.59 Å². The van der Waals surface area contributed by atoms with Crippen LogP contribution < -0.4 is 10.9 Å². The quantitative estimate of drug-likeness (QED) is 0.823. The summed E-state index contributed by atoms with van der Waals surface area (Å²) in [7, 11) is 0. The van der Waals surface area contributed by atoms with Crippen LogP contribution in [0.1, 0.15) is 16.8 Å². The number of nitrogens with one attached hydrogen (secondary N) is 2. The molecular weight excluding hydrogens is 254 g/mol. The summed E-state index contributed by atoms with van der Waals surface area (Å²) in [6.07, 6.45) is 0.327. The van der Waals surface area contributed by atoms with Crippen LogP contribution in [0, 0.1) is 18.3 Å². The second kappa shape index (κ2) is 4.35. The normalized spacial score (nSPS) is 12.7. The van der Waals surface area contributed by atoms with Crippen molar-refractivity contribution in [1.82, 2.24) is 4.98 Å². The standard InChI is InChI=1S/C15H11N3O2/c1-8-4-11(12(7-16)15(20)17-8)9-2-3-13-10(5-9)6-14(19)18-13/h2-5H,6H2,1H3,(H,17,20)(H,18,19). The monoisotopic (exact) mass is 265 g/mol. The first-order chi connectivity index (χ1) is 9.58. The molecule has 2 N–H and O–H groups in total. The number of carbonyl (C=O) groups is 1. The minimum atomic E-state index is -0.391. The Morgan fingerprint density at radius 2 is 2.05 bits per heavy atom. The number of carbonyl (C=O) groups excluding carboxylic acids is 1. The van der Waals surface area contributed by atoms with Gasteiger partial charge in [0.05, 0.1) is 6.42 Å². The lowest BCUT2D eigenvalue weighted by Gasteiger charge is -2.07. The third-order valence-electron chi connectivity index (χ3n) is 3.32. The molecule has 20 heavy (non-hydrogen) atoms. The fourth-order valence-electron chi connectivity index (χ4n) is 2.42. The number of aromatic nitrogens is 1. The Balaban J connectivity index is 2.21. The number of anilines is 1. The molecule has 1 aliphatic rings. The van der Waals surface area contributed by atoms with Crippen LogP contribution in [0.2, 0.25) is 0 Å².